The second-order valence-corrected chi connectivity index (χ2v) is 8.75. The molecule has 8 heteroatoms. The molecule has 1 unspecified atom stereocenters. The summed E-state index contributed by atoms with van der Waals surface area (Å²) in [6.07, 6.45) is 3.15. The third-order valence-electron chi connectivity index (χ3n) is 7.01. The minimum absolute atomic E-state index is 0.109. The van der Waals surface area contributed by atoms with E-state index >= 15 is 0 Å². The number of piperazine rings is 1. The minimum atomic E-state index is -0.556. The van der Waals surface area contributed by atoms with Gasteiger partial charge in [-0.3, -0.25) is 24.6 Å². The van der Waals surface area contributed by atoms with E-state index in [4.69, 9.17) is 0 Å². The number of amides is 3. The van der Waals surface area contributed by atoms with Gasteiger partial charge in [-0.25, -0.2) is 0 Å². The van der Waals surface area contributed by atoms with Crippen LogP contribution in [-0.2, 0) is 16.1 Å². The van der Waals surface area contributed by atoms with Gasteiger partial charge in [0.15, 0.2) is 0 Å². The molecule has 8 nitrogen and oxygen atoms in total. The molecule has 1 aromatic rings. The standard InChI is InChI=1S/C22H29N5O3/c28-20-4-3-19(21(29)24-20)27-14-15-13-17(1-2-18(15)22(27)30)26-11-9-25(10-12-26)16-5-7-23-8-6-16/h1-2,13,16,19,23H,3-12,14H2,(H,24,28,29). The lowest BCUT2D eigenvalue weighted by atomic mass is 10.0. The maximum Gasteiger partial charge on any atom is 0.255 e. The Balaban J connectivity index is 1.25. The monoisotopic (exact) mass is 411 g/mol. The molecule has 1 aromatic carbocycles. The SMILES string of the molecule is O=C1CCC(N2Cc3cc(N4CCN(C5CCNCC5)CC4)ccc3C2=O)C(=O)N1. The van der Waals surface area contributed by atoms with Crippen LogP contribution in [0.15, 0.2) is 18.2 Å². The van der Waals surface area contributed by atoms with Crippen molar-refractivity contribution in [2.75, 3.05) is 44.2 Å². The number of piperidine rings is 2. The topological polar surface area (TPSA) is 85.0 Å². The average molecular weight is 412 g/mol. The molecule has 0 aromatic heterocycles. The van der Waals surface area contributed by atoms with E-state index in [-0.39, 0.29) is 24.1 Å². The fourth-order valence-electron chi connectivity index (χ4n) is 5.27. The van der Waals surface area contributed by atoms with E-state index in [1.165, 1.54) is 12.8 Å². The van der Waals surface area contributed by atoms with Crippen LogP contribution in [0, 0.1) is 0 Å². The Labute approximate surface area is 176 Å². The van der Waals surface area contributed by atoms with Crippen molar-refractivity contribution in [3.63, 3.8) is 0 Å². The van der Waals surface area contributed by atoms with E-state index < -0.39 is 6.04 Å². The number of anilines is 1. The van der Waals surface area contributed by atoms with Crippen molar-refractivity contribution in [2.24, 2.45) is 0 Å². The molecule has 4 aliphatic rings. The van der Waals surface area contributed by atoms with Gasteiger partial charge in [-0.1, -0.05) is 0 Å². The van der Waals surface area contributed by atoms with Gasteiger partial charge in [0.25, 0.3) is 5.91 Å². The summed E-state index contributed by atoms with van der Waals surface area (Å²) in [4.78, 5) is 43.2. The molecule has 4 heterocycles. The molecule has 5 rings (SSSR count). The van der Waals surface area contributed by atoms with Gasteiger partial charge in [0.05, 0.1) is 0 Å². The van der Waals surface area contributed by atoms with E-state index in [9.17, 15) is 14.4 Å². The zero-order valence-corrected chi connectivity index (χ0v) is 17.2. The lowest BCUT2D eigenvalue weighted by molar-refractivity contribution is -0.136. The van der Waals surface area contributed by atoms with E-state index in [2.05, 4.69) is 26.5 Å². The number of nitrogens with one attached hydrogen (secondary N) is 2. The quantitative estimate of drug-likeness (QED) is 0.697. The Kier molecular flexibility index (Phi) is 5.20. The first-order valence-electron chi connectivity index (χ1n) is 11.1. The third kappa shape index (κ3) is 3.58. The van der Waals surface area contributed by atoms with Gasteiger partial charge in [0.2, 0.25) is 11.8 Å². The van der Waals surface area contributed by atoms with Gasteiger partial charge in [0.1, 0.15) is 6.04 Å². The average Bonchev–Trinajstić information content (AvgIpc) is 3.10. The van der Waals surface area contributed by atoms with Crippen molar-refractivity contribution in [1.29, 1.82) is 0 Å². The second kappa shape index (κ2) is 8.00. The number of rotatable bonds is 3. The predicted octanol–water partition coefficient (Wildman–Crippen LogP) is 0.322. The van der Waals surface area contributed by atoms with Crippen LogP contribution in [0.2, 0.25) is 0 Å². The van der Waals surface area contributed by atoms with Crippen molar-refractivity contribution in [2.45, 2.75) is 44.3 Å². The lowest BCUT2D eigenvalue weighted by Gasteiger charge is -2.41. The first-order chi connectivity index (χ1) is 14.6. The van der Waals surface area contributed by atoms with Crippen LogP contribution >= 0.6 is 0 Å². The molecule has 3 saturated heterocycles. The van der Waals surface area contributed by atoms with Crippen LogP contribution in [-0.4, -0.2) is 78.9 Å². The molecular formula is C22H29N5O3. The highest BCUT2D eigenvalue weighted by Crippen LogP contribution is 2.31. The van der Waals surface area contributed by atoms with Crippen LogP contribution in [0.4, 0.5) is 5.69 Å². The number of fused-ring (bicyclic) bond motifs is 1. The highest BCUT2D eigenvalue weighted by molar-refractivity contribution is 6.05. The maximum atomic E-state index is 12.9. The second-order valence-electron chi connectivity index (χ2n) is 8.75. The van der Waals surface area contributed by atoms with E-state index in [1.807, 2.05) is 12.1 Å². The summed E-state index contributed by atoms with van der Waals surface area (Å²) < 4.78 is 0. The van der Waals surface area contributed by atoms with Gasteiger partial charge in [-0.2, -0.15) is 0 Å². The fraction of sp³-hybridized carbons (Fsp3) is 0.591. The minimum Gasteiger partial charge on any atom is -0.369 e. The van der Waals surface area contributed by atoms with Crippen LogP contribution in [0.5, 0.6) is 0 Å². The van der Waals surface area contributed by atoms with Crippen LogP contribution in [0.1, 0.15) is 41.6 Å². The number of benzene rings is 1. The summed E-state index contributed by atoms with van der Waals surface area (Å²) in [5.41, 5.74) is 2.80. The van der Waals surface area contributed by atoms with E-state index in [0.717, 1.165) is 50.5 Å². The zero-order valence-electron chi connectivity index (χ0n) is 17.2. The van der Waals surface area contributed by atoms with Gasteiger partial charge in [0, 0.05) is 56.4 Å². The molecule has 0 radical (unpaired) electrons. The van der Waals surface area contributed by atoms with Crippen molar-refractivity contribution in [1.82, 2.24) is 20.4 Å². The summed E-state index contributed by atoms with van der Waals surface area (Å²) in [5, 5.41) is 5.80. The van der Waals surface area contributed by atoms with Gasteiger partial charge < -0.3 is 15.1 Å². The van der Waals surface area contributed by atoms with Crippen molar-refractivity contribution >= 4 is 23.4 Å². The normalized spacial score (nSPS) is 26.1. The molecule has 0 aliphatic carbocycles. The first-order valence-corrected chi connectivity index (χ1v) is 11.1. The molecule has 0 saturated carbocycles. The lowest BCUT2D eigenvalue weighted by Crippen LogP contribution is -2.52. The Bertz CT molecular complexity index is 858. The van der Waals surface area contributed by atoms with Crippen LogP contribution in [0.25, 0.3) is 0 Å². The van der Waals surface area contributed by atoms with Crippen molar-refractivity contribution in [3.05, 3.63) is 29.3 Å². The Morgan fingerprint density at radius 1 is 0.933 bits per heavy atom. The highest BCUT2D eigenvalue weighted by atomic mass is 16.2. The predicted molar refractivity (Wildman–Crippen MR) is 112 cm³/mol. The van der Waals surface area contributed by atoms with Gasteiger partial charge in [-0.05, 0) is 56.1 Å². The van der Waals surface area contributed by atoms with E-state index in [0.29, 0.717) is 24.6 Å². The molecule has 30 heavy (non-hydrogen) atoms. The summed E-state index contributed by atoms with van der Waals surface area (Å²) in [6, 6.07) is 6.19. The van der Waals surface area contributed by atoms with Crippen LogP contribution < -0.4 is 15.5 Å². The van der Waals surface area contributed by atoms with E-state index in [1.54, 1.807) is 4.90 Å². The molecule has 0 spiro atoms. The number of imide groups is 1. The number of hydrogen-bond donors (Lipinski definition) is 2. The molecule has 3 amide bonds. The Morgan fingerprint density at radius 2 is 1.70 bits per heavy atom. The molecule has 2 N–H and O–H groups in total. The molecular weight excluding hydrogens is 382 g/mol. The molecule has 3 fully saturated rings. The Morgan fingerprint density at radius 3 is 2.43 bits per heavy atom. The third-order valence-corrected chi connectivity index (χ3v) is 7.01. The first kappa shape index (κ1) is 19.5. The smallest absolute Gasteiger partial charge is 0.255 e. The molecule has 0 bridgehead atoms. The van der Waals surface area contributed by atoms with Gasteiger partial charge >= 0.3 is 0 Å². The summed E-state index contributed by atoms with van der Waals surface area (Å²) in [7, 11) is 0. The molecule has 1 atom stereocenters. The van der Waals surface area contributed by atoms with Crippen molar-refractivity contribution < 1.29 is 14.4 Å². The molecule has 160 valence electrons. The summed E-state index contributed by atoms with van der Waals surface area (Å²) >= 11 is 0. The Hall–Kier alpha value is -2.45. The van der Waals surface area contributed by atoms with Crippen LogP contribution in [0.3, 0.4) is 0 Å². The number of carbonyl (C=O) groups excluding carboxylic acids is 3. The van der Waals surface area contributed by atoms with Crippen molar-refractivity contribution in [3.8, 4) is 0 Å². The fourth-order valence-corrected chi connectivity index (χ4v) is 5.27. The molecule has 4 aliphatic heterocycles. The van der Waals surface area contributed by atoms with Gasteiger partial charge in [-0.15, -0.1) is 0 Å². The number of hydrogen-bond acceptors (Lipinski definition) is 6. The number of carbonyl (C=O) groups is 3. The highest BCUT2D eigenvalue weighted by Gasteiger charge is 2.39. The largest absolute Gasteiger partial charge is 0.369 e. The summed E-state index contributed by atoms with van der Waals surface area (Å²) in [5.74, 6) is -0.727. The maximum absolute atomic E-state index is 12.9. The zero-order chi connectivity index (χ0) is 20.7. The summed E-state index contributed by atoms with van der Waals surface area (Å²) in [6.45, 7) is 6.80. The number of nitrogens with zero attached hydrogens (tertiary/aromatic N) is 3.